The maximum Gasteiger partial charge on any atom is 0.265 e. The first kappa shape index (κ1) is 21.6. The van der Waals surface area contributed by atoms with E-state index in [4.69, 9.17) is 0 Å². The summed E-state index contributed by atoms with van der Waals surface area (Å²) in [6.45, 7) is 5.59. The molecule has 0 aromatic heterocycles. The van der Waals surface area contributed by atoms with Crippen LogP contribution in [-0.2, 0) is 17.6 Å². The molecule has 0 bridgehead atoms. The van der Waals surface area contributed by atoms with Crippen LogP contribution >= 0.6 is 0 Å². The van der Waals surface area contributed by atoms with Crippen LogP contribution in [0.3, 0.4) is 0 Å². The van der Waals surface area contributed by atoms with Gasteiger partial charge in [-0.2, -0.15) is 5.26 Å². The highest BCUT2D eigenvalue weighted by molar-refractivity contribution is 5.97. The lowest BCUT2D eigenvalue weighted by atomic mass is 9.90. The monoisotopic (exact) mass is 401 g/mol. The van der Waals surface area contributed by atoms with Crippen molar-refractivity contribution in [3.8, 4) is 6.07 Å². The third kappa shape index (κ3) is 5.73. The molecule has 1 fully saturated rings. The predicted molar refractivity (Wildman–Crippen MR) is 121 cm³/mol. The lowest BCUT2D eigenvalue weighted by Gasteiger charge is -2.32. The van der Waals surface area contributed by atoms with Crippen molar-refractivity contribution in [3.63, 3.8) is 0 Å². The number of carbonyl (C=O) groups excluding carboxylic acids is 1. The number of benzene rings is 2. The molecule has 1 amide bonds. The fourth-order valence-electron chi connectivity index (χ4n) is 3.95. The van der Waals surface area contributed by atoms with Crippen molar-refractivity contribution in [1.82, 2.24) is 10.2 Å². The first-order valence-corrected chi connectivity index (χ1v) is 10.9. The van der Waals surface area contributed by atoms with Crippen LogP contribution in [-0.4, -0.2) is 23.9 Å². The number of rotatable bonds is 7. The number of aryl methyl sites for hydroxylation is 1. The number of hydrogen-bond acceptors (Lipinski definition) is 3. The molecule has 0 spiro atoms. The van der Waals surface area contributed by atoms with Gasteiger partial charge < -0.3 is 10.2 Å². The number of amides is 1. The second kappa shape index (κ2) is 10.6. The van der Waals surface area contributed by atoms with Gasteiger partial charge in [-0.25, -0.2) is 0 Å². The summed E-state index contributed by atoms with van der Waals surface area (Å²) < 4.78 is 0. The van der Waals surface area contributed by atoms with E-state index in [1.807, 2.05) is 17.9 Å². The van der Waals surface area contributed by atoms with Gasteiger partial charge in [-0.1, -0.05) is 61.5 Å². The second-order valence-corrected chi connectivity index (χ2v) is 8.08. The highest BCUT2D eigenvalue weighted by Gasteiger charge is 2.25. The molecule has 0 saturated carbocycles. The summed E-state index contributed by atoms with van der Waals surface area (Å²) in [5.41, 5.74) is 3.96. The molecule has 1 saturated heterocycles. The molecular formula is C26H31N3O. The SMILES string of the molecule is CCc1ccc(C(C)N/C=C(/C#N)C(=O)N2CCC(Cc3ccccc3)CC2)cc1. The summed E-state index contributed by atoms with van der Waals surface area (Å²) in [5.74, 6) is 0.423. The third-order valence-corrected chi connectivity index (χ3v) is 5.99. The zero-order valence-electron chi connectivity index (χ0n) is 18.0. The largest absolute Gasteiger partial charge is 0.383 e. The third-order valence-electron chi connectivity index (χ3n) is 5.99. The van der Waals surface area contributed by atoms with E-state index in [0.29, 0.717) is 19.0 Å². The zero-order valence-corrected chi connectivity index (χ0v) is 18.0. The van der Waals surface area contributed by atoms with E-state index in [0.717, 1.165) is 31.2 Å². The highest BCUT2D eigenvalue weighted by atomic mass is 16.2. The summed E-state index contributed by atoms with van der Waals surface area (Å²) in [6, 6.07) is 21.0. The van der Waals surface area contributed by atoms with Crippen LogP contribution in [0.4, 0.5) is 0 Å². The molecule has 1 atom stereocenters. The van der Waals surface area contributed by atoms with Crippen LogP contribution in [0, 0.1) is 17.2 Å². The van der Waals surface area contributed by atoms with Gasteiger partial charge in [0.1, 0.15) is 11.6 Å². The van der Waals surface area contributed by atoms with Gasteiger partial charge in [0.05, 0.1) is 0 Å². The number of piperidine rings is 1. The van der Waals surface area contributed by atoms with Gasteiger partial charge in [-0.3, -0.25) is 4.79 Å². The molecule has 30 heavy (non-hydrogen) atoms. The van der Waals surface area contributed by atoms with Gasteiger partial charge in [0.15, 0.2) is 0 Å². The average molecular weight is 402 g/mol. The topological polar surface area (TPSA) is 56.1 Å². The second-order valence-electron chi connectivity index (χ2n) is 8.08. The number of nitrogens with one attached hydrogen (secondary N) is 1. The fourth-order valence-corrected chi connectivity index (χ4v) is 3.95. The quantitative estimate of drug-likeness (QED) is 0.536. The molecule has 1 aliphatic heterocycles. The lowest BCUT2D eigenvalue weighted by molar-refractivity contribution is -0.128. The van der Waals surface area contributed by atoms with Gasteiger partial charge >= 0.3 is 0 Å². The Bertz CT molecular complexity index is 888. The Labute approximate surface area is 180 Å². The maximum atomic E-state index is 12.8. The van der Waals surface area contributed by atoms with E-state index in [-0.39, 0.29) is 17.5 Å². The van der Waals surface area contributed by atoms with E-state index in [2.05, 4.69) is 66.8 Å². The molecule has 2 aromatic rings. The van der Waals surface area contributed by atoms with Gasteiger partial charge in [0, 0.05) is 25.3 Å². The molecule has 1 unspecified atom stereocenters. The van der Waals surface area contributed by atoms with Gasteiger partial charge in [-0.15, -0.1) is 0 Å². The summed E-state index contributed by atoms with van der Waals surface area (Å²) in [6.07, 6.45) is 5.60. The van der Waals surface area contributed by atoms with E-state index < -0.39 is 0 Å². The molecule has 0 aliphatic carbocycles. The summed E-state index contributed by atoms with van der Waals surface area (Å²) >= 11 is 0. The van der Waals surface area contributed by atoms with E-state index in [1.165, 1.54) is 11.1 Å². The number of carbonyl (C=O) groups is 1. The van der Waals surface area contributed by atoms with Gasteiger partial charge in [0.2, 0.25) is 0 Å². The number of nitrogens with zero attached hydrogens (tertiary/aromatic N) is 2. The molecule has 2 aromatic carbocycles. The first-order chi connectivity index (χ1) is 14.6. The van der Waals surface area contributed by atoms with Crippen molar-refractivity contribution in [3.05, 3.63) is 83.1 Å². The normalized spacial score (nSPS) is 16.0. The summed E-state index contributed by atoms with van der Waals surface area (Å²) in [7, 11) is 0. The molecule has 1 N–H and O–H groups in total. The lowest BCUT2D eigenvalue weighted by Crippen LogP contribution is -2.39. The summed E-state index contributed by atoms with van der Waals surface area (Å²) in [5, 5.41) is 12.7. The number of likely N-dealkylation sites (tertiary alicyclic amines) is 1. The predicted octanol–water partition coefficient (Wildman–Crippen LogP) is 4.79. The Morgan fingerprint density at radius 1 is 1.13 bits per heavy atom. The van der Waals surface area contributed by atoms with Crippen LogP contribution in [0.25, 0.3) is 0 Å². The first-order valence-electron chi connectivity index (χ1n) is 10.9. The number of nitriles is 1. The van der Waals surface area contributed by atoms with Crippen molar-refractivity contribution in [1.29, 1.82) is 5.26 Å². The minimum Gasteiger partial charge on any atom is -0.383 e. The molecular weight excluding hydrogens is 370 g/mol. The van der Waals surface area contributed by atoms with Crippen molar-refractivity contribution >= 4 is 5.91 Å². The molecule has 1 aliphatic rings. The van der Waals surface area contributed by atoms with Crippen LogP contribution in [0.2, 0.25) is 0 Å². The van der Waals surface area contributed by atoms with E-state index in [1.54, 1.807) is 6.20 Å². The standard InChI is InChI=1S/C26H31N3O/c1-3-21-9-11-24(12-10-21)20(2)28-19-25(18-27)26(30)29-15-13-23(14-16-29)17-22-7-5-4-6-8-22/h4-12,19-20,23,28H,3,13-17H2,1-2H3/b25-19-. The van der Waals surface area contributed by atoms with Crippen molar-refractivity contribution in [2.24, 2.45) is 5.92 Å². The Kier molecular flexibility index (Phi) is 7.68. The molecule has 4 nitrogen and oxygen atoms in total. The zero-order chi connectivity index (χ0) is 21.3. The van der Waals surface area contributed by atoms with Crippen LogP contribution in [0.1, 0.15) is 49.4 Å². The highest BCUT2D eigenvalue weighted by Crippen LogP contribution is 2.23. The molecule has 0 radical (unpaired) electrons. The smallest absolute Gasteiger partial charge is 0.265 e. The van der Waals surface area contributed by atoms with Crippen LogP contribution < -0.4 is 5.32 Å². The summed E-state index contributed by atoms with van der Waals surface area (Å²) in [4.78, 5) is 14.6. The van der Waals surface area contributed by atoms with Gasteiger partial charge in [0.25, 0.3) is 5.91 Å². The Balaban J connectivity index is 1.53. The van der Waals surface area contributed by atoms with Crippen molar-refractivity contribution in [2.45, 2.75) is 45.6 Å². The average Bonchev–Trinajstić information content (AvgIpc) is 2.80. The van der Waals surface area contributed by atoms with Crippen molar-refractivity contribution < 1.29 is 4.79 Å². The van der Waals surface area contributed by atoms with Crippen molar-refractivity contribution in [2.75, 3.05) is 13.1 Å². The minimum atomic E-state index is -0.170. The molecule has 1 heterocycles. The fraction of sp³-hybridized carbons (Fsp3) is 0.385. The molecule has 4 heteroatoms. The van der Waals surface area contributed by atoms with Crippen LogP contribution in [0.5, 0.6) is 0 Å². The van der Waals surface area contributed by atoms with E-state index in [9.17, 15) is 10.1 Å². The molecule has 156 valence electrons. The van der Waals surface area contributed by atoms with E-state index >= 15 is 0 Å². The van der Waals surface area contributed by atoms with Gasteiger partial charge in [-0.05, 0) is 55.2 Å². The minimum absolute atomic E-state index is 0.0312. The Morgan fingerprint density at radius 2 is 1.80 bits per heavy atom. The Hall–Kier alpha value is -3.06. The van der Waals surface area contributed by atoms with Crippen LogP contribution in [0.15, 0.2) is 66.4 Å². The Morgan fingerprint density at radius 3 is 2.40 bits per heavy atom. The maximum absolute atomic E-state index is 12.8. The molecule has 3 rings (SSSR count). The number of hydrogen-bond donors (Lipinski definition) is 1.